The van der Waals surface area contributed by atoms with Gasteiger partial charge in [-0.15, -0.1) is 0 Å². The molecule has 0 aliphatic heterocycles. The number of hydrogen-bond acceptors (Lipinski definition) is 2. The van der Waals surface area contributed by atoms with Crippen LogP contribution >= 0.6 is 0 Å². The number of nitrogens with one attached hydrogen (secondary N) is 2. The van der Waals surface area contributed by atoms with Crippen LogP contribution in [0.1, 0.15) is 26.3 Å². The lowest BCUT2D eigenvalue weighted by Gasteiger charge is -2.25. The van der Waals surface area contributed by atoms with Gasteiger partial charge in [0.15, 0.2) is 0 Å². The van der Waals surface area contributed by atoms with E-state index in [0.29, 0.717) is 18.8 Å². The fourth-order valence-electron chi connectivity index (χ4n) is 2.28. The van der Waals surface area contributed by atoms with Gasteiger partial charge in [-0.25, -0.2) is 9.18 Å². The van der Waals surface area contributed by atoms with Gasteiger partial charge in [0.2, 0.25) is 0 Å². The number of urea groups is 1. The largest absolute Gasteiger partial charge is 0.494 e. The van der Waals surface area contributed by atoms with Crippen molar-refractivity contribution in [2.24, 2.45) is 0 Å². The molecule has 0 unspecified atom stereocenters. The standard InChI is InChI=1S/C19H23FN2O2/c1-4-24-17-11-9-16(10-12-17)22-18(23)21-13-19(2,3)14-5-7-15(20)8-6-14/h5-12H,4,13H2,1-3H3,(H2,21,22,23). The van der Waals surface area contributed by atoms with Gasteiger partial charge in [-0.1, -0.05) is 26.0 Å². The van der Waals surface area contributed by atoms with E-state index >= 15 is 0 Å². The number of halogens is 1. The van der Waals surface area contributed by atoms with Crippen molar-refractivity contribution in [3.8, 4) is 5.75 Å². The number of carbonyl (C=O) groups is 1. The molecule has 2 rings (SSSR count). The second kappa shape index (κ2) is 7.81. The predicted molar refractivity (Wildman–Crippen MR) is 94.1 cm³/mol. The number of carbonyl (C=O) groups excluding carboxylic acids is 1. The Morgan fingerprint density at radius 3 is 2.29 bits per heavy atom. The van der Waals surface area contributed by atoms with Gasteiger partial charge in [-0.05, 0) is 48.9 Å². The third kappa shape index (κ3) is 4.98. The number of amides is 2. The molecule has 2 amide bonds. The molecule has 0 aromatic heterocycles. The summed E-state index contributed by atoms with van der Waals surface area (Å²) in [6, 6.07) is 13.2. The van der Waals surface area contributed by atoms with Crippen LogP contribution in [0.2, 0.25) is 0 Å². The normalized spacial score (nSPS) is 11.0. The minimum absolute atomic E-state index is 0.268. The third-order valence-electron chi connectivity index (χ3n) is 3.74. The minimum atomic E-state index is -0.302. The minimum Gasteiger partial charge on any atom is -0.494 e. The molecule has 0 spiro atoms. The van der Waals surface area contributed by atoms with Gasteiger partial charge >= 0.3 is 6.03 Å². The zero-order chi connectivity index (χ0) is 17.6. The van der Waals surface area contributed by atoms with Gasteiger partial charge < -0.3 is 15.4 Å². The molecule has 0 saturated carbocycles. The lowest BCUT2D eigenvalue weighted by atomic mass is 9.84. The highest BCUT2D eigenvalue weighted by atomic mass is 19.1. The molecule has 4 nitrogen and oxygen atoms in total. The van der Waals surface area contributed by atoms with Crippen LogP contribution in [0.5, 0.6) is 5.75 Å². The van der Waals surface area contributed by atoms with E-state index in [1.54, 1.807) is 24.3 Å². The highest BCUT2D eigenvalue weighted by Gasteiger charge is 2.21. The molecule has 2 N–H and O–H groups in total. The molecule has 0 atom stereocenters. The molecule has 0 heterocycles. The Kier molecular flexibility index (Phi) is 5.79. The Bertz CT molecular complexity index is 667. The van der Waals surface area contributed by atoms with Gasteiger partial charge in [-0.2, -0.15) is 0 Å². The molecule has 0 radical (unpaired) electrons. The molecule has 128 valence electrons. The van der Waals surface area contributed by atoms with E-state index in [-0.39, 0.29) is 17.3 Å². The average molecular weight is 330 g/mol. The van der Waals surface area contributed by atoms with Crippen LogP contribution in [0.25, 0.3) is 0 Å². The zero-order valence-corrected chi connectivity index (χ0v) is 14.2. The van der Waals surface area contributed by atoms with Crippen molar-refractivity contribution in [2.45, 2.75) is 26.2 Å². The van der Waals surface area contributed by atoms with E-state index in [4.69, 9.17) is 4.74 Å². The van der Waals surface area contributed by atoms with E-state index in [1.165, 1.54) is 12.1 Å². The first-order valence-electron chi connectivity index (χ1n) is 7.94. The van der Waals surface area contributed by atoms with Crippen molar-refractivity contribution in [3.63, 3.8) is 0 Å². The quantitative estimate of drug-likeness (QED) is 0.828. The van der Waals surface area contributed by atoms with Gasteiger partial charge in [0.25, 0.3) is 0 Å². The molecule has 24 heavy (non-hydrogen) atoms. The average Bonchev–Trinajstić information content (AvgIpc) is 2.56. The molecule has 0 bridgehead atoms. The highest BCUT2D eigenvalue weighted by molar-refractivity contribution is 5.89. The van der Waals surface area contributed by atoms with E-state index in [2.05, 4.69) is 10.6 Å². The predicted octanol–water partition coefficient (Wildman–Crippen LogP) is 4.32. The summed E-state index contributed by atoms with van der Waals surface area (Å²) in [6.45, 7) is 6.95. The smallest absolute Gasteiger partial charge is 0.319 e. The molecule has 2 aromatic carbocycles. The van der Waals surface area contributed by atoms with Crippen LogP contribution in [0.4, 0.5) is 14.9 Å². The van der Waals surface area contributed by atoms with Crippen molar-refractivity contribution in [1.29, 1.82) is 0 Å². The van der Waals surface area contributed by atoms with Crippen molar-refractivity contribution in [3.05, 3.63) is 59.9 Å². The highest BCUT2D eigenvalue weighted by Crippen LogP contribution is 2.22. The van der Waals surface area contributed by atoms with Gasteiger partial charge in [0.05, 0.1) is 6.61 Å². The Labute approximate surface area is 142 Å². The molecular weight excluding hydrogens is 307 g/mol. The fourth-order valence-corrected chi connectivity index (χ4v) is 2.28. The van der Waals surface area contributed by atoms with E-state index < -0.39 is 0 Å². The van der Waals surface area contributed by atoms with E-state index in [0.717, 1.165) is 11.3 Å². The van der Waals surface area contributed by atoms with Gasteiger partial charge in [0, 0.05) is 17.6 Å². The van der Waals surface area contributed by atoms with Crippen molar-refractivity contribution in [2.75, 3.05) is 18.5 Å². The van der Waals surface area contributed by atoms with Gasteiger partial charge in [-0.3, -0.25) is 0 Å². The topological polar surface area (TPSA) is 50.4 Å². The maximum absolute atomic E-state index is 13.0. The summed E-state index contributed by atoms with van der Waals surface area (Å²) in [7, 11) is 0. The molecule has 5 heteroatoms. The van der Waals surface area contributed by atoms with Gasteiger partial charge in [0.1, 0.15) is 11.6 Å². The van der Waals surface area contributed by atoms with Crippen LogP contribution in [0.3, 0.4) is 0 Å². The van der Waals surface area contributed by atoms with E-state index in [1.807, 2.05) is 32.9 Å². The Hall–Kier alpha value is -2.56. The van der Waals surface area contributed by atoms with Crippen molar-refractivity contribution < 1.29 is 13.9 Å². The summed E-state index contributed by atoms with van der Waals surface area (Å²) in [4.78, 5) is 12.0. The first-order chi connectivity index (χ1) is 11.4. The Morgan fingerprint density at radius 2 is 1.71 bits per heavy atom. The summed E-state index contributed by atoms with van der Waals surface area (Å²) in [6.07, 6.45) is 0. The number of benzene rings is 2. The van der Waals surface area contributed by atoms with Crippen LogP contribution in [0.15, 0.2) is 48.5 Å². The first-order valence-corrected chi connectivity index (χ1v) is 7.94. The maximum Gasteiger partial charge on any atom is 0.319 e. The van der Waals surface area contributed by atoms with Crippen LogP contribution < -0.4 is 15.4 Å². The zero-order valence-electron chi connectivity index (χ0n) is 14.2. The molecule has 0 aliphatic carbocycles. The monoisotopic (exact) mass is 330 g/mol. The maximum atomic E-state index is 13.0. The summed E-state index contributed by atoms with van der Waals surface area (Å²) in [5.74, 6) is 0.497. The Morgan fingerprint density at radius 1 is 1.08 bits per heavy atom. The second-order valence-electron chi connectivity index (χ2n) is 6.16. The van der Waals surface area contributed by atoms with E-state index in [9.17, 15) is 9.18 Å². The molecule has 0 fully saturated rings. The summed E-state index contributed by atoms with van der Waals surface area (Å²) >= 11 is 0. The number of rotatable bonds is 6. The SMILES string of the molecule is CCOc1ccc(NC(=O)NCC(C)(C)c2ccc(F)cc2)cc1. The van der Waals surface area contributed by atoms with Crippen molar-refractivity contribution in [1.82, 2.24) is 5.32 Å². The lowest BCUT2D eigenvalue weighted by molar-refractivity contribution is 0.249. The molecule has 2 aromatic rings. The molecular formula is C19H23FN2O2. The number of ether oxygens (including phenoxy) is 1. The fraction of sp³-hybridized carbons (Fsp3) is 0.316. The molecule has 0 aliphatic rings. The lowest BCUT2D eigenvalue weighted by Crippen LogP contribution is -2.38. The third-order valence-corrected chi connectivity index (χ3v) is 3.74. The number of anilines is 1. The van der Waals surface area contributed by atoms with Crippen LogP contribution in [-0.4, -0.2) is 19.2 Å². The molecule has 0 saturated heterocycles. The first kappa shape index (κ1) is 17.8. The number of hydrogen-bond donors (Lipinski definition) is 2. The second-order valence-corrected chi connectivity index (χ2v) is 6.16. The van der Waals surface area contributed by atoms with Crippen LogP contribution in [-0.2, 0) is 5.41 Å². The van der Waals surface area contributed by atoms with Crippen molar-refractivity contribution >= 4 is 11.7 Å². The summed E-state index contributed by atoms with van der Waals surface area (Å²) in [5, 5.41) is 5.63. The van der Waals surface area contributed by atoms with Crippen LogP contribution in [0, 0.1) is 5.82 Å². The summed E-state index contributed by atoms with van der Waals surface area (Å²) < 4.78 is 18.4. The Balaban J connectivity index is 1.88. The summed E-state index contributed by atoms with van der Waals surface area (Å²) in [5.41, 5.74) is 1.35.